The zero-order valence-electron chi connectivity index (χ0n) is 13.4. The summed E-state index contributed by atoms with van der Waals surface area (Å²) >= 11 is 12.2. The Morgan fingerprint density at radius 2 is 2.00 bits per heavy atom. The van der Waals surface area contributed by atoms with E-state index in [9.17, 15) is 9.18 Å². The summed E-state index contributed by atoms with van der Waals surface area (Å²) in [5.74, 6) is -0.657. The molecule has 0 bridgehead atoms. The SMILES string of the molecule is Cc1nn(CC(=O)NC(C)(C)c2ccc(F)cc2Cl)c(C)c1Cl. The molecule has 1 heterocycles. The topological polar surface area (TPSA) is 46.9 Å². The van der Waals surface area contributed by atoms with Crippen LogP contribution in [0.5, 0.6) is 0 Å². The standard InChI is InChI=1S/C16H18Cl2FN3O/c1-9-15(18)10(2)22(21-9)8-14(23)20-16(3,4)12-6-5-11(19)7-13(12)17/h5-7H,8H2,1-4H3,(H,20,23). The minimum absolute atomic E-state index is 0.0433. The van der Waals surface area contributed by atoms with Crippen LogP contribution in [0.2, 0.25) is 10.0 Å². The number of carbonyl (C=O) groups excluding carboxylic acids is 1. The van der Waals surface area contributed by atoms with Crippen molar-refractivity contribution in [3.05, 3.63) is 51.0 Å². The van der Waals surface area contributed by atoms with Crippen LogP contribution in [0.3, 0.4) is 0 Å². The zero-order valence-corrected chi connectivity index (χ0v) is 14.9. The fourth-order valence-electron chi connectivity index (χ4n) is 2.42. The Morgan fingerprint density at radius 3 is 2.52 bits per heavy atom. The highest BCUT2D eigenvalue weighted by atomic mass is 35.5. The van der Waals surface area contributed by atoms with E-state index in [1.807, 2.05) is 0 Å². The van der Waals surface area contributed by atoms with Crippen LogP contribution in [0, 0.1) is 19.7 Å². The smallest absolute Gasteiger partial charge is 0.242 e. The van der Waals surface area contributed by atoms with Gasteiger partial charge in [0.25, 0.3) is 0 Å². The van der Waals surface area contributed by atoms with Crippen LogP contribution in [0.25, 0.3) is 0 Å². The molecule has 1 amide bonds. The van der Waals surface area contributed by atoms with Crippen LogP contribution in [0.1, 0.15) is 30.8 Å². The van der Waals surface area contributed by atoms with Crippen LogP contribution in [-0.2, 0) is 16.9 Å². The number of amides is 1. The Morgan fingerprint density at radius 1 is 1.35 bits per heavy atom. The molecule has 1 N–H and O–H groups in total. The maximum Gasteiger partial charge on any atom is 0.242 e. The molecule has 0 fully saturated rings. The molecule has 1 aromatic carbocycles. The molecule has 0 aliphatic heterocycles. The molecular formula is C16H18Cl2FN3O. The summed E-state index contributed by atoms with van der Waals surface area (Å²) in [5, 5.41) is 7.94. The molecule has 0 radical (unpaired) electrons. The third kappa shape index (κ3) is 3.85. The number of benzene rings is 1. The minimum atomic E-state index is -0.748. The van der Waals surface area contributed by atoms with Crippen molar-refractivity contribution >= 4 is 29.1 Å². The van der Waals surface area contributed by atoms with Crippen molar-refractivity contribution in [1.29, 1.82) is 0 Å². The first kappa shape index (κ1) is 17.8. The molecule has 2 rings (SSSR count). The van der Waals surface area contributed by atoms with Gasteiger partial charge in [-0.25, -0.2) is 4.39 Å². The molecule has 1 aromatic heterocycles. The predicted molar refractivity (Wildman–Crippen MR) is 89.3 cm³/mol. The Balaban J connectivity index is 2.16. The Bertz CT molecular complexity index is 756. The third-order valence-corrected chi connectivity index (χ3v) is 4.50. The van der Waals surface area contributed by atoms with E-state index in [0.717, 1.165) is 5.69 Å². The minimum Gasteiger partial charge on any atom is -0.345 e. The van der Waals surface area contributed by atoms with Crippen molar-refractivity contribution in [2.45, 2.75) is 39.8 Å². The second-order valence-electron chi connectivity index (χ2n) is 5.94. The maximum atomic E-state index is 13.2. The van der Waals surface area contributed by atoms with Crippen molar-refractivity contribution in [2.75, 3.05) is 0 Å². The van der Waals surface area contributed by atoms with Crippen LogP contribution in [0.15, 0.2) is 18.2 Å². The molecule has 7 heteroatoms. The van der Waals surface area contributed by atoms with E-state index in [0.29, 0.717) is 16.3 Å². The number of halogens is 3. The lowest BCUT2D eigenvalue weighted by molar-refractivity contribution is -0.123. The summed E-state index contributed by atoms with van der Waals surface area (Å²) in [7, 11) is 0. The molecule has 2 aromatic rings. The van der Waals surface area contributed by atoms with E-state index >= 15 is 0 Å². The van der Waals surface area contributed by atoms with E-state index in [-0.39, 0.29) is 17.5 Å². The summed E-state index contributed by atoms with van der Waals surface area (Å²) in [6.07, 6.45) is 0. The molecule has 4 nitrogen and oxygen atoms in total. The van der Waals surface area contributed by atoms with Crippen LogP contribution in [0.4, 0.5) is 4.39 Å². The van der Waals surface area contributed by atoms with Crippen molar-refractivity contribution in [3.8, 4) is 0 Å². The van der Waals surface area contributed by atoms with Gasteiger partial charge in [-0.05, 0) is 45.4 Å². The number of aryl methyl sites for hydroxylation is 1. The molecule has 0 unspecified atom stereocenters. The first-order valence-corrected chi connectivity index (χ1v) is 7.83. The van der Waals surface area contributed by atoms with Gasteiger partial charge in [0.2, 0.25) is 5.91 Å². The summed E-state index contributed by atoms with van der Waals surface area (Å²) in [5.41, 5.74) is 1.30. The molecule has 124 valence electrons. The number of carbonyl (C=O) groups is 1. The lowest BCUT2D eigenvalue weighted by Gasteiger charge is -2.28. The first-order valence-electron chi connectivity index (χ1n) is 7.08. The summed E-state index contributed by atoms with van der Waals surface area (Å²) in [4.78, 5) is 12.3. The molecule has 0 saturated carbocycles. The predicted octanol–water partition coefficient (Wildman–Crippen LogP) is 4.00. The fraction of sp³-hybridized carbons (Fsp3) is 0.375. The summed E-state index contributed by atoms with van der Waals surface area (Å²) in [6, 6.07) is 4.11. The monoisotopic (exact) mass is 357 g/mol. The van der Waals surface area contributed by atoms with Gasteiger partial charge in [0.05, 0.1) is 21.9 Å². The molecule has 0 spiro atoms. The van der Waals surface area contributed by atoms with Gasteiger partial charge in [-0.15, -0.1) is 0 Å². The highest BCUT2D eigenvalue weighted by Gasteiger charge is 2.26. The van der Waals surface area contributed by atoms with E-state index in [4.69, 9.17) is 23.2 Å². The largest absolute Gasteiger partial charge is 0.345 e. The molecule has 0 saturated heterocycles. The number of hydrogen-bond acceptors (Lipinski definition) is 2. The van der Waals surface area contributed by atoms with Gasteiger partial charge in [0.1, 0.15) is 12.4 Å². The van der Waals surface area contributed by atoms with Gasteiger partial charge in [-0.1, -0.05) is 29.3 Å². The third-order valence-electron chi connectivity index (χ3n) is 3.64. The number of nitrogens with one attached hydrogen (secondary N) is 1. The maximum absolute atomic E-state index is 13.2. The van der Waals surface area contributed by atoms with Gasteiger partial charge in [-0.3, -0.25) is 9.48 Å². The van der Waals surface area contributed by atoms with E-state index < -0.39 is 11.4 Å². The molecule has 0 aliphatic rings. The highest BCUT2D eigenvalue weighted by molar-refractivity contribution is 6.32. The van der Waals surface area contributed by atoms with Crippen molar-refractivity contribution in [2.24, 2.45) is 0 Å². The van der Waals surface area contributed by atoms with Crippen LogP contribution >= 0.6 is 23.2 Å². The van der Waals surface area contributed by atoms with Crippen molar-refractivity contribution < 1.29 is 9.18 Å². The van der Waals surface area contributed by atoms with Crippen LogP contribution < -0.4 is 5.32 Å². The zero-order chi connectivity index (χ0) is 17.4. The Labute approximate surface area is 144 Å². The molecule has 23 heavy (non-hydrogen) atoms. The first-order chi connectivity index (χ1) is 10.6. The van der Waals surface area contributed by atoms with Gasteiger partial charge in [-0.2, -0.15) is 5.10 Å². The van der Waals surface area contributed by atoms with Crippen LogP contribution in [-0.4, -0.2) is 15.7 Å². The number of rotatable bonds is 4. The van der Waals surface area contributed by atoms with Gasteiger partial charge in [0, 0.05) is 5.02 Å². The van der Waals surface area contributed by atoms with Gasteiger partial charge in [0.15, 0.2) is 0 Å². The summed E-state index contributed by atoms with van der Waals surface area (Å²) in [6.45, 7) is 7.24. The van der Waals surface area contributed by atoms with E-state index in [1.165, 1.54) is 12.1 Å². The average molecular weight is 358 g/mol. The van der Waals surface area contributed by atoms with E-state index in [2.05, 4.69) is 10.4 Å². The van der Waals surface area contributed by atoms with Gasteiger partial charge < -0.3 is 5.32 Å². The molecular weight excluding hydrogens is 340 g/mol. The number of nitrogens with zero attached hydrogens (tertiary/aromatic N) is 2. The highest BCUT2D eigenvalue weighted by Crippen LogP contribution is 2.28. The normalized spacial score (nSPS) is 11.6. The van der Waals surface area contributed by atoms with E-state index in [1.54, 1.807) is 38.4 Å². The van der Waals surface area contributed by atoms with Crippen molar-refractivity contribution in [1.82, 2.24) is 15.1 Å². The Kier molecular flexibility index (Phi) is 5.01. The second-order valence-corrected chi connectivity index (χ2v) is 6.72. The lowest BCUT2D eigenvalue weighted by atomic mass is 9.94. The fourth-order valence-corrected chi connectivity index (χ4v) is 2.96. The molecule has 0 atom stereocenters. The molecule has 0 aliphatic carbocycles. The average Bonchev–Trinajstić information content (AvgIpc) is 2.65. The number of aromatic nitrogens is 2. The quantitative estimate of drug-likeness (QED) is 0.898. The van der Waals surface area contributed by atoms with Crippen molar-refractivity contribution in [3.63, 3.8) is 0 Å². The van der Waals surface area contributed by atoms with Gasteiger partial charge >= 0.3 is 0 Å². The summed E-state index contributed by atoms with van der Waals surface area (Å²) < 4.78 is 14.7. The Hall–Kier alpha value is -1.59. The lowest BCUT2D eigenvalue weighted by Crippen LogP contribution is -2.43. The number of hydrogen-bond donors (Lipinski definition) is 1. The second kappa shape index (κ2) is 6.49.